The highest BCUT2D eigenvalue weighted by Gasteiger charge is 2.44. The molecule has 0 radical (unpaired) electrons. The molecule has 1 aromatic carbocycles. The minimum absolute atomic E-state index is 0.00270. The highest BCUT2D eigenvalue weighted by molar-refractivity contribution is 7.14. The van der Waals surface area contributed by atoms with Crippen LogP contribution in [0.2, 0.25) is 0 Å². The van der Waals surface area contributed by atoms with Crippen LogP contribution < -0.4 is 4.74 Å². The molecule has 0 saturated heterocycles. The van der Waals surface area contributed by atoms with Crippen molar-refractivity contribution in [2.45, 2.75) is 46.8 Å². The van der Waals surface area contributed by atoms with Crippen LogP contribution >= 0.6 is 11.3 Å². The van der Waals surface area contributed by atoms with Crippen molar-refractivity contribution >= 4 is 23.0 Å². The van der Waals surface area contributed by atoms with Crippen molar-refractivity contribution in [3.8, 4) is 5.75 Å². The van der Waals surface area contributed by atoms with E-state index in [1.807, 2.05) is 45.9 Å². The lowest BCUT2D eigenvalue weighted by Gasteiger charge is -2.27. The second-order valence-corrected chi connectivity index (χ2v) is 8.77. The Morgan fingerprint density at radius 3 is 2.68 bits per heavy atom. The van der Waals surface area contributed by atoms with Crippen LogP contribution in [0.1, 0.15) is 52.7 Å². The van der Waals surface area contributed by atoms with E-state index < -0.39 is 17.7 Å². The number of Topliss-reactive ketones (excluding diaryl/α,β-unsaturated/α-hetero) is 1. The maximum atomic E-state index is 13.5. The van der Waals surface area contributed by atoms with Gasteiger partial charge in [0.05, 0.1) is 46.5 Å². The van der Waals surface area contributed by atoms with Gasteiger partial charge in [0.1, 0.15) is 5.75 Å². The van der Waals surface area contributed by atoms with Crippen LogP contribution in [-0.4, -0.2) is 52.5 Å². The Morgan fingerprint density at radius 2 is 2.06 bits per heavy atom. The third-order valence-electron chi connectivity index (χ3n) is 4.93. The van der Waals surface area contributed by atoms with Crippen molar-refractivity contribution in [1.29, 1.82) is 0 Å². The number of aromatic nitrogens is 1. The van der Waals surface area contributed by atoms with Crippen molar-refractivity contribution < 1.29 is 24.2 Å². The molecule has 0 spiro atoms. The van der Waals surface area contributed by atoms with Crippen LogP contribution in [0.25, 0.3) is 0 Å². The van der Waals surface area contributed by atoms with Gasteiger partial charge in [-0.1, -0.05) is 12.1 Å². The predicted molar refractivity (Wildman–Crippen MR) is 119 cm³/mol. The summed E-state index contributed by atoms with van der Waals surface area (Å²) in [5, 5.41) is 11.5. The molecule has 1 atom stereocenters. The molecular weight excluding hydrogens is 416 g/mol. The van der Waals surface area contributed by atoms with Gasteiger partial charge in [0.2, 0.25) is 5.78 Å². The molecule has 1 aromatic heterocycles. The maximum absolute atomic E-state index is 13.5. The Hall–Kier alpha value is -2.71. The van der Waals surface area contributed by atoms with Crippen LogP contribution in [0.4, 0.5) is 0 Å². The number of ether oxygens (including phenoxy) is 2. The van der Waals surface area contributed by atoms with Gasteiger partial charge in [0, 0.05) is 6.54 Å². The summed E-state index contributed by atoms with van der Waals surface area (Å²) >= 11 is 1.26. The lowest BCUT2D eigenvalue weighted by atomic mass is 9.95. The van der Waals surface area contributed by atoms with Crippen LogP contribution in [0.5, 0.6) is 5.75 Å². The number of aliphatic hydroxyl groups excluding tert-OH is 1. The molecule has 0 bridgehead atoms. The fourth-order valence-corrected chi connectivity index (χ4v) is 4.53. The second kappa shape index (κ2) is 9.62. The smallest absolute Gasteiger partial charge is 0.290 e. The quantitative estimate of drug-likeness (QED) is 0.584. The largest absolute Gasteiger partial charge is 0.503 e. The van der Waals surface area contributed by atoms with Gasteiger partial charge in [0.25, 0.3) is 5.91 Å². The first-order valence-corrected chi connectivity index (χ1v) is 11.1. The first-order valence-electron chi connectivity index (χ1n) is 10.3. The zero-order valence-electron chi connectivity index (χ0n) is 18.5. The second-order valence-electron chi connectivity index (χ2n) is 7.56. The molecule has 1 amide bonds. The first kappa shape index (κ1) is 23.0. The van der Waals surface area contributed by atoms with Gasteiger partial charge in [-0.05, 0) is 52.3 Å². The normalized spacial score (nSPS) is 16.5. The Labute approximate surface area is 186 Å². The molecule has 31 heavy (non-hydrogen) atoms. The Balaban J connectivity index is 2.05. The van der Waals surface area contributed by atoms with E-state index >= 15 is 0 Å². The van der Waals surface area contributed by atoms with Gasteiger partial charge in [0.15, 0.2) is 5.76 Å². The lowest BCUT2D eigenvalue weighted by Crippen LogP contribution is -2.34. The highest BCUT2D eigenvalue weighted by atomic mass is 32.1. The molecule has 0 aliphatic carbocycles. The molecule has 1 aliphatic rings. The minimum Gasteiger partial charge on any atom is -0.503 e. The Bertz CT molecular complexity index is 1010. The molecule has 2 aromatic rings. The number of hydrogen-bond donors (Lipinski definition) is 1. The van der Waals surface area contributed by atoms with Crippen molar-refractivity contribution in [3.05, 3.63) is 56.7 Å². The van der Waals surface area contributed by atoms with E-state index in [4.69, 9.17) is 9.47 Å². The molecule has 1 N–H and O–H groups in total. The number of amides is 1. The molecule has 7 nitrogen and oxygen atoms in total. The van der Waals surface area contributed by atoms with E-state index in [9.17, 15) is 14.7 Å². The van der Waals surface area contributed by atoms with E-state index in [2.05, 4.69) is 4.98 Å². The third kappa shape index (κ3) is 4.80. The fourth-order valence-electron chi connectivity index (χ4n) is 3.65. The van der Waals surface area contributed by atoms with Crippen LogP contribution in [-0.2, 0) is 9.53 Å². The minimum atomic E-state index is -0.738. The summed E-state index contributed by atoms with van der Waals surface area (Å²) in [4.78, 5) is 32.7. The molecule has 2 heterocycles. The molecule has 0 saturated carbocycles. The summed E-state index contributed by atoms with van der Waals surface area (Å²) in [6, 6.07) is 6.52. The molecule has 0 fully saturated rings. The van der Waals surface area contributed by atoms with E-state index in [0.717, 1.165) is 5.01 Å². The topological polar surface area (TPSA) is 89.0 Å². The zero-order valence-corrected chi connectivity index (χ0v) is 19.3. The number of aliphatic hydroxyl groups is 1. The summed E-state index contributed by atoms with van der Waals surface area (Å²) in [5.41, 5.74) is 1.34. The van der Waals surface area contributed by atoms with E-state index in [-0.39, 0.29) is 24.0 Å². The third-order valence-corrected chi connectivity index (χ3v) is 6.00. The number of carbonyl (C=O) groups excluding carboxylic acids is 2. The van der Waals surface area contributed by atoms with Gasteiger partial charge < -0.3 is 19.5 Å². The SMILES string of the molecule is CCOc1cccc(C2C(C(=O)c3sc(C)nc3C)=C(O)C(=O)N2CCOC(C)C)c1. The summed E-state index contributed by atoms with van der Waals surface area (Å²) < 4.78 is 11.2. The number of carbonyl (C=O) groups is 2. The summed E-state index contributed by atoms with van der Waals surface area (Å²) in [7, 11) is 0. The Morgan fingerprint density at radius 1 is 1.32 bits per heavy atom. The average Bonchev–Trinajstić information content (AvgIpc) is 3.18. The average molecular weight is 445 g/mol. The number of aryl methyl sites for hydroxylation is 2. The molecule has 166 valence electrons. The van der Waals surface area contributed by atoms with Crippen molar-refractivity contribution in [2.75, 3.05) is 19.8 Å². The molecule has 3 rings (SSSR count). The highest BCUT2D eigenvalue weighted by Crippen LogP contribution is 2.40. The Kier molecular flexibility index (Phi) is 7.12. The first-order chi connectivity index (χ1) is 14.7. The number of rotatable bonds is 9. The fraction of sp³-hybridized carbons (Fsp3) is 0.435. The number of benzene rings is 1. The standard InChI is InChI=1S/C23H28N2O5S/c1-6-29-17-9-7-8-16(12-17)19-18(20(26)22-14(4)24-15(5)31-22)21(27)23(28)25(19)10-11-30-13(2)3/h7-9,12-13,19,27H,6,10-11H2,1-5H3. The summed E-state index contributed by atoms with van der Waals surface area (Å²) in [6.45, 7) is 10.3. The van der Waals surface area contributed by atoms with Gasteiger partial charge in [-0.3, -0.25) is 9.59 Å². The number of ketones is 1. The number of thiazole rings is 1. The van der Waals surface area contributed by atoms with Gasteiger partial charge in [-0.15, -0.1) is 11.3 Å². The van der Waals surface area contributed by atoms with Crippen LogP contribution in [0.15, 0.2) is 35.6 Å². The molecule has 8 heteroatoms. The summed E-state index contributed by atoms with van der Waals surface area (Å²) in [6.07, 6.45) is 0.00270. The number of hydrogen-bond acceptors (Lipinski definition) is 7. The number of nitrogens with zero attached hydrogens (tertiary/aromatic N) is 2. The van der Waals surface area contributed by atoms with E-state index in [1.165, 1.54) is 16.2 Å². The molecular formula is C23H28N2O5S. The van der Waals surface area contributed by atoms with Crippen molar-refractivity contribution in [2.24, 2.45) is 0 Å². The molecule has 1 unspecified atom stereocenters. The monoisotopic (exact) mass is 444 g/mol. The summed E-state index contributed by atoms with van der Waals surface area (Å²) in [5.74, 6) is -0.852. The van der Waals surface area contributed by atoms with Gasteiger partial charge in [-0.2, -0.15) is 0 Å². The zero-order chi connectivity index (χ0) is 22.7. The lowest BCUT2D eigenvalue weighted by molar-refractivity contribution is -0.130. The van der Waals surface area contributed by atoms with E-state index in [0.29, 0.717) is 35.1 Å². The predicted octanol–water partition coefficient (Wildman–Crippen LogP) is 4.16. The van der Waals surface area contributed by atoms with E-state index in [1.54, 1.807) is 13.0 Å². The van der Waals surface area contributed by atoms with Crippen molar-refractivity contribution in [1.82, 2.24) is 9.88 Å². The van der Waals surface area contributed by atoms with Crippen LogP contribution in [0.3, 0.4) is 0 Å². The van der Waals surface area contributed by atoms with Crippen molar-refractivity contribution in [3.63, 3.8) is 0 Å². The molecule has 1 aliphatic heterocycles. The van der Waals surface area contributed by atoms with Crippen LogP contribution in [0, 0.1) is 13.8 Å². The van der Waals surface area contributed by atoms with Gasteiger partial charge in [-0.25, -0.2) is 4.98 Å². The van der Waals surface area contributed by atoms with Gasteiger partial charge >= 0.3 is 0 Å². The maximum Gasteiger partial charge on any atom is 0.290 e.